The lowest BCUT2D eigenvalue weighted by molar-refractivity contribution is -0.385. The average molecular weight is 415 g/mol. The van der Waals surface area contributed by atoms with Gasteiger partial charge in [0.05, 0.1) is 25.2 Å². The van der Waals surface area contributed by atoms with Crippen molar-refractivity contribution in [3.63, 3.8) is 0 Å². The van der Waals surface area contributed by atoms with Crippen LogP contribution in [0.15, 0.2) is 12.1 Å². The van der Waals surface area contributed by atoms with Gasteiger partial charge in [0.15, 0.2) is 18.1 Å². The first-order chi connectivity index (χ1) is 14.0. The lowest BCUT2D eigenvalue weighted by Gasteiger charge is -2.18. The number of rotatable bonds is 7. The summed E-state index contributed by atoms with van der Waals surface area (Å²) in [5, 5.41) is 11.4. The van der Waals surface area contributed by atoms with Crippen molar-refractivity contribution < 1.29 is 28.7 Å². The molecule has 0 saturated carbocycles. The molecule has 160 valence electrons. The minimum Gasteiger partial charge on any atom is -0.493 e. The molecule has 0 fully saturated rings. The molecule has 0 spiro atoms. The summed E-state index contributed by atoms with van der Waals surface area (Å²) < 4.78 is 15.3. The Hall–Kier alpha value is -3.42. The highest BCUT2D eigenvalue weighted by Gasteiger charge is 2.27. The molecule has 0 aliphatic carbocycles. The van der Waals surface area contributed by atoms with Crippen LogP contribution in [0.5, 0.6) is 11.5 Å². The summed E-state index contributed by atoms with van der Waals surface area (Å²) in [5.41, 5.74) is 4.45. The Balaban J connectivity index is 2.35. The second-order valence-electron chi connectivity index (χ2n) is 6.98. The van der Waals surface area contributed by atoms with E-state index in [1.165, 1.54) is 20.3 Å². The third-order valence-electron chi connectivity index (χ3n) is 5.53. The van der Waals surface area contributed by atoms with Crippen LogP contribution in [0, 0.1) is 44.7 Å². The maximum absolute atomic E-state index is 12.8. The van der Waals surface area contributed by atoms with Gasteiger partial charge in [0, 0.05) is 11.6 Å². The maximum atomic E-state index is 12.8. The minimum absolute atomic E-state index is 0.105. The van der Waals surface area contributed by atoms with E-state index < -0.39 is 23.2 Å². The lowest BCUT2D eigenvalue weighted by atomic mass is 9.88. The molecule has 0 saturated heterocycles. The number of nitrogens with zero attached hydrogens (tertiary/aromatic N) is 1. The SMILES string of the molecule is COc1cc(C(=O)OCC(=O)c2c(C)c(C)c(C)c(C)c2C)c([N+](=O)[O-])cc1OC. The van der Waals surface area contributed by atoms with E-state index >= 15 is 0 Å². The highest BCUT2D eigenvalue weighted by atomic mass is 16.6. The van der Waals surface area contributed by atoms with E-state index in [2.05, 4.69) is 0 Å². The number of hydrogen-bond donors (Lipinski definition) is 0. The van der Waals surface area contributed by atoms with E-state index in [1.807, 2.05) is 34.6 Å². The fourth-order valence-electron chi connectivity index (χ4n) is 3.38. The number of methoxy groups -OCH3 is 2. The number of nitro benzene ring substituents is 1. The molecule has 2 rings (SSSR count). The Bertz CT molecular complexity index is 1010. The molecule has 0 amide bonds. The van der Waals surface area contributed by atoms with Gasteiger partial charge in [-0.25, -0.2) is 4.79 Å². The first kappa shape index (κ1) is 22.9. The van der Waals surface area contributed by atoms with Gasteiger partial charge in [0.2, 0.25) is 5.78 Å². The third-order valence-corrected chi connectivity index (χ3v) is 5.53. The van der Waals surface area contributed by atoms with Gasteiger partial charge in [0.1, 0.15) is 5.56 Å². The van der Waals surface area contributed by atoms with Crippen LogP contribution in [-0.2, 0) is 4.74 Å². The molecule has 8 heteroatoms. The second kappa shape index (κ2) is 8.94. The van der Waals surface area contributed by atoms with Gasteiger partial charge in [-0.15, -0.1) is 0 Å². The standard InChI is InChI=1S/C22H25NO7/c1-11-12(2)14(4)21(15(5)13(11)3)18(24)10-30-22(25)16-8-19(28-6)20(29-7)9-17(16)23(26)27/h8-9H,10H2,1-7H3. The Morgan fingerprint density at radius 1 is 0.867 bits per heavy atom. The Morgan fingerprint density at radius 2 is 1.33 bits per heavy atom. The van der Waals surface area contributed by atoms with E-state index in [1.54, 1.807) is 0 Å². The number of Topliss-reactive ketones (excluding diaryl/α,β-unsaturated/α-hetero) is 1. The molecule has 0 unspecified atom stereocenters. The molecular formula is C22H25NO7. The molecular weight excluding hydrogens is 390 g/mol. The van der Waals surface area contributed by atoms with Crippen molar-refractivity contribution in [3.05, 3.63) is 61.2 Å². The first-order valence-electron chi connectivity index (χ1n) is 9.22. The molecule has 0 radical (unpaired) electrons. The highest BCUT2D eigenvalue weighted by molar-refractivity contribution is 6.03. The third kappa shape index (κ3) is 4.12. The summed E-state index contributed by atoms with van der Waals surface area (Å²) in [6, 6.07) is 2.25. The van der Waals surface area contributed by atoms with Crippen LogP contribution in [0.2, 0.25) is 0 Å². The topological polar surface area (TPSA) is 105 Å². The van der Waals surface area contributed by atoms with Crippen molar-refractivity contribution in [1.82, 2.24) is 0 Å². The van der Waals surface area contributed by atoms with E-state index in [0.717, 1.165) is 33.9 Å². The van der Waals surface area contributed by atoms with E-state index in [9.17, 15) is 19.7 Å². The predicted molar refractivity (Wildman–Crippen MR) is 111 cm³/mol. The Kier molecular flexibility index (Phi) is 6.81. The monoisotopic (exact) mass is 415 g/mol. The zero-order chi connectivity index (χ0) is 22.7. The molecule has 0 bridgehead atoms. The summed E-state index contributed by atoms with van der Waals surface area (Å²) in [6.45, 7) is 9.04. The summed E-state index contributed by atoms with van der Waals surface area (Å²) in [6.07, 6.45) is 0. The Labute approximate surface area is 174 Å². The second-order valence-corrected chi connectivity index (χ2v) is 6.98. The summed E-state index contributed by atoms with van der Waals surface area (Å²) in [5.74, 6) is -1.12. The van der Waals surface area contributed by atoms with Crippen LogP contribution in [0.1, 0.15) is 48.5 Å². The van der Waals surface area contributed by atoms with Gasteiger partial charge in [0.25, 0.3) is 5.69 Å². The number of ketones is 1. The van der Waals surface area contributed by atoms with Crippen molar-refractivity contribution in [3.8, 4) is 11.5 Å². The van der Waals surface area contributed by atoms with Crippen LogP contribution in [0.4, 0.5) is 5.69 Å². The van der Waals surface area contributed by atoms with Crippen molar-refractivity contribution in [2.75, 3.05) is 20.8 Å². The highest BCUT2D eigenvalue weighted by Crippen LogP contribution is 2.35. The molecule has 0 N–H and O–H groups in total. The summed E-state index contributed by atoms with van der Waals surface area (Å²) in [7, 11) is 2.67. The molecule has 8 nitrogen and oxygen atoms in total. The average Bonchev–Trinajstić information content (AvgIpc) is 2.73. The van der Waals surface area contributed by atoms with E-state index in [-0.39, 0.29) is 22.8 Å². The summed E-state index contributed by atoms with van der Waals surface area (Å²) >= 11 is 0. The zero-order valence-electron chi connectivity index (χ0n) is 18.2. The number of carbonyl (C=O) groups excluding carboxylic acids is 2. The van der Waals surface area contributed by atoms with Gasteiger partial charge >= 0.3 is 5.97 Å². The fourth-order valence-corrected chi connectivity index (χ4v) is 3.38. The van der Waals surface area contributed by atoms with Gasteiger partial charge < -0.3 is 14.2 Å². The van der Waals surface area contributed by atoms with Crippen molar-refractivity contribution >= 4 is 17.4 Å². The number of benzene rings is 2. The molecule has 30 heavy (non-hydrogen) atoms. The predicted octanol–water partition coefficient (Wildman–Crippen LogP) is 4.19. The molecule has 2 aromatic carbocycles. The lowest BCUT2D eigenvalue weighted by Crippen LogP contribution is -2.18. The van der Waals surface area contributed by atoms with Crippen LogP contribution in [0.25, 0.3) is 0 Å². The Morgan fingerprint density at radius 3 is 1.80 bits per heavy atom. The molecule has 0 aromatic heterocycles. The maximum Gasteiger partial charge on any atom is 0.345 e. The van der Waals surface area contributed by atoms with Crippen molar-refractivity contribution in [1.29, 1.82) is 0 Å². The van der Waals surface area contributed by atoms with E-state index in [4.69, 9.17) is 14.2 Å². The zero-order valence-corrected chi connectivity index (χ0v) is 18.2. The van der Waals surface area contributed by atoms with Crippen molar-refractivity contribution in [2.45, 2.75) is 34.6 Å². The molecule has 2 aromatic rings. The van der Waals surface area contributed by atoms with Gasteiger partial charge in [-0.2, -0.15) is 0 Å². The molecule has 0 aliphatic rings. The van der Waals surface area contributed by atoms with Crippen LogP contribution >= 0.6 is 0 Å². The molecule has 0 atom stereocenters. The van der Waals surface area contributed by atoms with Crippen molar-refractivity contribution in [2.24, 2.45) is 0 Å². The smallest absolute Gasteiger partial charge is 0.345 e. The van der Waals surface area contributed by atoms with E-state index in [0.29, 0.717) is 5.56 Å². The van der Waals surface area contributed by atoms with Crippen LogP contribution < -0.4 is 9.47 Å². The number of esters is 1. The normalized spacial score (nSPS) is 10.5. The number of ether oxygens (including phenoxy) is 3. The fraction of sp³-hybridized carbons (Fsp3) is 0.364. The summed E-state index contributed by atoms with van der Waals surface area (Å²) in [4.78, 5) is 36.0. The number of carbonyl (C=O) groups is 2. The minimum atomic E-state index is -0.994. The van der Waals surface area contributed by atoms with Gasteiger partial charge in [-0.1, -0.05) is 0 Å². The number of hydrogen-bond acceptors (Lipinski definition) is 7. The quantitative estimate of drug-likeness (QED) is 0.289. The number of nitro groups is 1. The van der Waals surface area contributed by atoms with Crippen LogP contribution in [-0.4, -0.2) is 37.5 Å². The van der Waals surface area contributed by atoms with Gasteiger partial charge in [-0.3, -0.25) is 14.9 Å². The molecule has 0 aliphatic heterocycles. The first-order valence-corrected chi connectivity index (χ1v) is 9.22. The van der Waals surface area contributed by atoms with Crippen LogP contribution in [0.3, 0.4) is 0 Å². The van der Waals surface area contributed by atoms with Gasteiger partial charge in [-0.05, 0) is 62.4 Å². The largest absolute Gasteiger partial charge is 0.493 e. The molecule has 0 heterocycles.